The highest BCUT2D eigenvalue weighted by Crippen LogP contribution is 2.35. The van der Waals surface area contributed by atoms with Crippen molar-refractivity contribution in [3.05, 3.63) is 76.0 Å². The van der Waals surface area contributed by atoms with Crippen LogP contribution in [0.1, 0.15) is 0 Å². The molecule has 0 radical (unpaired) electrons. The normalized spacial score (nSPS) is 11.1. The number of halogens is 3. The van der Waals surface area contributed by atoms with Crippen LogP contribution in [0.3, 0.4) is 0 Å². The van der Waals surface area contributed by atoms with Crippen molar-refractivity contribution in [3.8, 4) is 16.9 Å². The van der Waals surface area contributed by atoms with Gasteiger partial charge in [0, 0.05) is 22.2 Å². The minimum Gasteiger partial charge on any atom is -0.242 e. The van der Waals surface area contributed by atoms with E-state index < -0.39 is 0 Å². The molecule has 0 saturated heterocycles. The van der Waals surface area contributed by atoms with Crippen LogP contribution in [0.2, 0.25) is 15.2 Å². The third kappa shape index (κ3) is 2.55. The number of para-hydroxylation sites is 1. The van der Waals surface area contributed by atoms with Gasteiger partial charge in [0.05, 0.1) is 16.4 Å². The van der Waals surface area contributed by atoms with Crippen LogP contribution in [0.25, 0.3) is 27.8 Å². The molecule has 0 fully saturated rings. The zero-order valence-corrected chi connectivity index (χ0v) is 14.5. The molecular weight excluding hydrogens is 365 g/mol. The predicted molar refractivity (Wildman–Crippen MR) is 99.3 cm³/mol. The van der Waals surface area contributed by atoms with E-state index in [1.165, 1.54) is 0 Å². The SMILES string of the molecule is Clc1ccc(-c2c3ccnc(Cl)c3nn2-c2ccccc2Cl)cc1. The maximum absolute atomic E-state index is 6.38. The summed E-state index contributed by atoms with van der Waals surface area (Å²) >= 11 is 18.6. The van der Waals surface area contributed by atoms with Crippen molar-refractivity contribution < 1.29 is 0 Å². The van der Waals surface area contributed by atoms with Crippen LogP contribution in [0.4, 0.5) is 0 Å². The van der Waals surface area contributed by atoms with Crippen molar-refractivity contribution in [1.82, 2.24) is 14.8 Å². The maximum atomic E-state index is 6.38. The smallest absolute Gasteiger partial charge is 0.157 e. The Hall–Kier alpha value is -2.07. The van der Waals surface area contributed by atoms with Crippen molar-refractivity contribution in [3.63, 3.8) is 0 Å². The molecule has 2 aromatic carbocycles. The van der Waals surface area contributed by atoms with Crippen LogP contribution in [0, 0.1) is 0 Å². The van der Waals surface area contributed by atoms with Gasteiger partial charge in [-0.05, 0) is 30.3 Å². The molecule has 0 N–H and O–H groups in total. The second kappa shape index (κ2) is 6.10. The highest BCUT2D eigenvalue weighted by atomic mass is 35.5. The van der Waals surface area contributed by atoms with E-state index in [0.29, 0.717) is 20.7 Å². The van der Waals surface area contributed by atoms with Gasteiger partial charge in [-0.3, -0.25) is 0 Å². The fraction of sp³-hybridized carbons (Fsp3) is 0. The average molecular weight is 375 g/mol. The lowest BCUT2D eigenvalue weighted by molar-refractivity contribution is 0.903. The summed E-state index contributed by atoms with van der Waals surface area (Å²) in [7, 11) is 0. The van der Waals surface area contributed by atoms with Crippen LogP contribution in [-0.2, 0) is 0 Å². The first kappa shape index (κ1) is 15.5. The van der Waals surface area contributed by atoms with Crippen molar-refractivity contribution in [2.45, 2.75) is 0 Å². The van der Waals surface area contributed by atoms with Gasteiger partial charge >= 0.3 is 0 Å². The van der Waals surface area contributed by atoms with Crippen molar-refractivity contribution in [2.24, 2.45) is 0 Å². The summed E-state index contributed by atoms with van der Waals surface area (Å²) in [5, 5.41) is 7.18. The molecule has 3 nitrogen and oxygen atoms in total. The fourth-order valence-electron chi connectivity index (χ4n) is 2.66. The highest BCUT2D eigenvalue weighted by molar-refractivity contribution is 6.34. The van der Waals surface area contributed by atoms with Gasteiger partial charge in [-0.25, -0.2) is 9.67 Å². The van der Waals surface area contributed by atoms with Gasteiger partial charge < -0.3 is 0 Å². The van der Waals surface area contributed by atoms with E-state index in [1.54, 1.807) is 10.9 Å². The van der Waals surface area contributed by atoms with Crippen molar-refractivity contribution in [1.29, 1.82) is 0 Å². The monoisotopic (exact) mass is 373 g/mol. The van der Waals surface area contributed by atoms with Crippen LogP contribution >= 0.6 is 34.8 Å². The first-order valence-corrected chi connectivity index (χ1v) is 8.32. The summed E-state index contributed by atoms with van der Waals surface area (Å²) in [6.45, 7) is 0. The molecule has 0 aliphatic carbocycles. The summed E-state index contributed by atoms with van der Waals surface area (Å²) in [4.78, 5) is 4.12. The van der Waals surface area contributed by atoms with E-state index in [2.05, 4.69) is 10.1 Å². The van der Waals surface area contributed by atoms with Crippen LogP contribution in [0.15, 0.2) is 60.8 Å². The lowest BCUT2D eigenvalue weighted by atomic mass is 10.1. The first-order valence-electron chi connectivity index (χ1n) is 7.19. The molecule has 0 amide bonds. The highest BCUT2D eigenvalue weighted by Gasteiger charge is 2.18. The number of nitrogens with zero attached hydrogens (tertiary/aromatic N) is 3. The number of aromatic nitrogens is 3. The van der Waals surface area contributed by atoms with E-state index in [0.717, 1.165) is 22.3 Å². The molecule has 2 heterocycles. The second-order valence-corrected chi connectivity index (χ2v) is 6.42. The molecule has 0 unspecified atom stereocenters. The van der Waals surface area contributed by atoms with E-state index in [-0.39, 0.29) is 0 Å². The number of pyridine rings is 1. The maximum Gasteiger partial charge on any atom is 0.157 e. The number of benzene rings is 2. The topological polar surface area (TPSA) is 30.7 Å². The average Bonchev–Trinajstić information content (AvgIpc) is 2.97. The summed E-state index contributed by atoms with van der Waals surface area (Å²) in [6.07, 6.45) is 1.67. The second-order valence-electron chi connectivity index (χ2n) is 5.22. The van der Waals surface area contributed by atoms with Gasteiger partial charge in [-0.2, -0.15) is 5.10 Å². The van der Waals surface area contributed by atoms with Gasteiger partial charge in [0.2, 0.25) is 0 Å². The van der Waals surface area contributed by atoms with Gasteiger partial charge in [0.1, 0.15) is 5.52 Å². The molecule has 0 spiro atoms. The predicted octanol–water partition coefficient (Wildman–Crippen LogP) is 6.05. The summed E-state index contributed by atoms with van der Waals surface area (Å²) < 4.78 is 1.80. The van der Waals surface area contributed by atoms with Crippen molar-refractivity contribution >= 4 is 45.7 Å². The summed E-state index contributed by atoms with van der Waals surface area (Å²) in [6, 6.07) is 17.0. The third-order valence-electron chi connectivity index (χ3n) is 3.74. The molecular formula is C18H10Cl3N3. The van der Waals surface area contributed by atoms with E-state index >= 15 is 0 Å². The Bertz CT molecular complexity index is 1040. The number of rotatable bonds is 2. The van der Waals surface area contributed by atoms with Gasteiger partial charge in [-0.1, -0.05) is 59.1 Å². The molecule has 2 aromatic heterocycles. The Morgan fingerprint density at radius 2 is 1.58 bits per heavy atom. The summed E-state index contributed by atoms with van der Waals surface area (Å²) in [5.41, 5.74) is 3.25. The Kier molecular flexibility index (Phi) is 3.93. The molecule has 0 bridgehead atoms. The largest absolute Gasteiger partial charge is 0.242 e. The number of fused-ring (bicyclic) bond motifs is 1. The standard InChI is InChI=1S/C18H10Cl3N3/c19-12-7-5-11(6-8-12)17-13-9-10-22-18(21)16(13)23-24(17)15-4-2-1-3-14(15)20/h1-10H. The van der Waals surface area contributed by atoms with E-state index in [1.807, 2.05) is 54.6 Å². The zero-order chi connectivity index (χ0) is 16.7. The molecule has 4 aromatic rings. The Morgan fingerprint density at radius 3 is 2.33 bits per heavy atom. The number of hydrogen-bond acceptors (Lipinski definition) is 2. The molecule has 6 heteroatoms. The Labute approximate surface area is 153 Å². The minimum atomic E-state index is 0.355. The lowest BCUT2D eigenvalue weighted by Crippen LogP contribution is -1.99. The van der Waals surface area contributed by atoms with Crippen LogP contribution in [0.5, 0.6) is 0 Å². The lowest BCUT2D eigenvalue weighted by Gasteiger charge is -2.10. The molecule has 118 valence electrons. The molecule has 0 atom stereocenters. The fourth-order valence-corrected chi connectivity index (χ4v) is 3.20. The quantitative estimate of drug-likeness (QED) is 0.400. The molecule has 0 aliphatic rings. The van der Waals surface area contributed by atoms with Gasteiger partial charge in [0.15, 0.2) is 5.15 Å². The van der Waals surface area contributed by atoms with Gasteiger partial charge in [0.25, 0.3) is 0 Å². The number of hydrogen-bond donors (Lipinski definition) is 0. The molecule has 24 heavy (non-hydrogen) atoms. The Balaban J connectivity index is 2.10. The minimum absolute atomic E-state index is 0.355. The van der Waals surface area contributed by atoms with Crippen LogP contribution in [-0.4, -0.2) is 14.8 Å². The zero-order valence-electron chi connectivity index (χ0n) is 12.2. The van der Waals surface area contributed by atoms with Crippen molar-refractivity contribution in [2.75, 3.05) is 0 Å². The molecule has 0 aliphatic heterocycles. The first-order chi connectivity index (χ1) is 11.6. The van der Waals surface area contributed by atoms with E-state index in [4.69, 9.17) is 34.8 Å². The Morgan fingerprint density at radius 1 is 0.833 bits per heavy atom. The van der Waals surface area contributed by atoms with E-state index in [9.17, 15) is 0 Å². The molecule has 0 saturated carbocycles. The summed E-state index contributed by atoms with van der Waals surface area (Å²) in [5.74, 6) is 0. The third-order valence-corrected chi connectivity index (χ3v) is 4.59. The van der Waals surface area contributed by atoms with Crippen LogP contribution < -0.4 is 0 Å². The molecule has 4 rings (SSSR count). The van der Waals surface area contributed by atoms with Gasteiger partial charge in [-0.15, -0.1) is 0 Å².